The minimum atomic E-state index is -3.39. The number of carbonyl (C=O) groups is 1. The molecule has 2 rings (SSSR count). The van der Waals surface area contributed by atoms with E-state index in [0.717, 1.165) is 32.2 Å². The summed E-state index contributed by atoms with van der Waals surface area (Å²) in [5.41, 5.74) is 0.917. The second kappa shape index (κ2) is 7.65. The Morgan fingerprint density at radius 3 is 2.83 bits per heavy atom. The van der Waals surface area contributed by atoms with Crippen LogP contribution in [-0.4, -0.2) is 40.8 Å². The van der Waals surface area contributed by atoms with Crippen LogP contribution in [0.15, 0.2) is 18.2 Å². The molecular weight excluding hydrogens is 318 g/mol. The molecule has 128 valence electrons. The van der Waals surface area contributed by atoms with Gasteiger partial charge in [0.05, 0.1) is 19.1 Å². The fourth-order valence-corrected chi connectivity index (χ4v) is 3.14. The molecule has 1 atom stereocenters. The van der Waals surface area contributed by atoms with Crippen molar-refractivity contribution >= 4 is 27.3 Å². The molecule has 1 aliphatic rings. The Morgan fingerprint density at radius 1 is 1.43 bits per heavy atom. The van der Waals surface area contributed by atoms with Crippen LogP contribution in [0.25, 0.3) is 0 Å². The lowest BCUT2D eigenvalue weighted by Crippen LogP contribution is -2.15. The number of nitrogens with one attached hydrogen (secondary N) is 3. The molecule has 0 aromatic heterocycles. The van der Waals surface area contributed by atoms with Gasteiger partial charge in [-0.15, -0.1) is 0 Å². The van der Waals surface area contributed by atoms with Crippen LogP contribution in [0, 0.1) is 5.92 Å². The lowest BCUT2D eigenvalue weighted by molar-refractivity contribution is -0.116. The molecule has 1 heterocycles. The molecule has 1 amide bonds. The number of methoxy groups -OCH3 is 1. The van der Waals surface area contributed by atoms with Gasteiger partial charge in [0, 0.05) is 18.2 Å². The molecule has 1 fully saturated rings. The molecule has 0 aliphatic carbocycles. The lowest BCUT2D eigenvalue weighted by atomic mass is 10.0. The molecule has 23 heavy (non-hydrogen) atoms. The summed E-state index contributed by atoms with van der Waals surface area (Å²) in [5, 5.41) is 6.10. The third-order valence-corrected chi connectivity index (χ3v) is 4.31. The maximum atomic E-state index is 12.0. The largest absolute Gasteiger partial charge is 0.494 e. The van der Waals surface area contributed by atoms with Gasteiger partial charge >= 0.3 is 0 Å². The van der Waals surface area contributed by atoms with Crippen molar-refractivity contribution in [2.24, 2.45) is 5.92 Å². The summed E-state index contributed by atoms with van der Waals surface area (Å²) in [6, 6.07) is 4.81. The number of hydrogen-bond acceptors (Lipinski definition) is 5. The lowest BCUT2D eigenvalue weighted by Gasteiger charge is -2.13. The number of hydrogen-bond donors (Lipinski definition) is 3. The minimum Gasteiger partial charge on any atom is -0.494 e. The van der Waals surface area contributed by atoms with E-state index >= 15 is 0 Å². The summed E-state index contributed by atoms with van der Waals surface area (Å²) in [5.74, 6) is 0.868. The van der Waals surface area contributed by atoms with Gasteiger partial charge in [0.25, 0.3) is 0 Å². The molecule has 1 aromatic rings. The maximum absolute atomic E-state index is 12.0. The van der Waals surface area contributed by atoms with E-state index in [4.69, 9.17) is 4.74 Å². The highest BCUT2D eigenvalue weighted by Crippen LogP contribution is 2.28. The Labute approximate surface area is 136 Å². The van der Waals surface area contributed by atoms with Gasteiger partial charge in [-0.25, -0.2) is 8.42 Å². The molecule has 7 nitrogen and oxygen atoms in total. The summed E-state index contributed by atoms with van der Waals surface area (Å²) in [7, 11) is -1.94. The van der Waals surface area contributed by atoms with Crippen molar-refractivity contribution in [1.29, 1.82) is 0 Å². The molecule has 1 unspecified atom stereocenters. The third-order valence-electron chi connectivity index (χ3n) is 3.72. The number of anilines is 2. The smallest absolute Gasteiger partial charge is 0.229 e. The van der Waals surface area contributed by atoms with Crippen LogP contribution in [0.2, 0.25) is 0 Å². The average molecular weight is 341 g/mol. The van der Waals surface area contributed by atoms with Gasteiger partial charge in [0.1, 0.15) is 5.75 Å². The van der Waals surface area contributed by atoms with Crippen molar-refractivity contribution in [3.63, 3.8) is 0 Å². The summed E-state index contributed by atoms with van der Waals surface area (Å²) in [6.45, 7) is 2.01. The molecule has 0 radical (unpaired) electrons. The zero-order valence-corrected chi connectivity index (χ0v) is 14.2. The van der Waals surface area contributed by atoms with Crippen LogP contribution in [0.4, 0.5) is 11.4 Å². The Hall–Kier alpha value is -1.80. The van der Waals surface area contributed by atoms with E-state index in [2.05, 4.69) is 15.4 Å². The second-order valence-corrected chi connectivity index (χ2v) is 7.48. The summed E-state index contributed by atoms with van der Waals surface area (Å²) >= 11 is 0. The summed E-state index contributed by atoms with van der Waals surface area (Å²) in [6.07, 6.45) is 3.52. The van der Waals surface area contributed by atoms with Gasteiger partial charge in [-0.1, -0.05) is 0 Å². The van der Waals surface area contributed by atoms with Crippen molar-refractivity contribution in [3.05, 3.63) is 18.2 Å². The zero-order valence-electron chi connectivity index (χ0n) is 13.4. The number of sulfonamides is 1. The molecule has 0 spiro atoms. The first-order valence-electron chi connectivity index (χ1n) is 7.54. The maximum Gasteiger partial charge on any atom is 0.229 e. The molecule has 0 saturated carbocycles. The second-order valence-electron chi connectivity index (χ2n) is 5.73. The Kier molecular flexibility index (Phi) is 5.84. The Bertz CT molecular complexity index is 655. The molecule has 0 bridgehead atoms. The highest BCUT2D eigenvalue weighted by Gasteiger charge is 2.16. The number of benzene rings is 1. The van der Waals surface area contributed by atoms with E-state index in [1.807, 2.05) is 0 Å². The molecule has 1 aliphatic heterocycles. The van der Waals surface area contributed by atoms with Gasteiger partial charge in [-0.3, -0.25) is 9.52 Å². The Balaban J connectivity index is 1.95. The van der Waals surface area contributed by atoms with Crippen LogP contribution in [0.3, 0.4) is 0 Å². The standard InChI is InChI=1S/C15H23N3O4S/c1-22-14-9-12(4-5-13(14)18-23(2,20)21)17-15(19)6-3-11-7-8-16-10-11/h4-5,9,11,16,18H,3,6-8,10H2,1-2H3,(H,17,19). The average Bonchev–Trinajstić information content (AvgIpc) is 2.98. The number of rotatable bonds is 7. The van der Waals surface area contributed by atoms with Crippen LogP contribution in [0.1, 0.15) is 19.3 Å². The first kappa shape index (κ1) is 17.6. The highest BCUT2D eigenvalue weighted by atomic mass is 32.2. The SMILES string of the molecule is COc1cc(NC(=O)CCC2CCNC2)ccc1NS(C)(=O)=O. The van der Waals surface area contributed by atoms with Crippen LogP contribution in [0.5, 0.6) is 5.75 Å². The minimum absolute atomic E-state index is 0.0530. The number of carbonyl (C=O) groups excluding carboxylic acids is 1. The van der Waals surface area contributed by atoms with Crippen molar-refractivity contribution in [1.82, 2.24) is 5.32 Å². The van der Waals surface area contributed by atoms with Gasteiger partial charge in [0.15, 0.2) is 0 Å². The van der Waals surface area contributed by atoms with E-state index in [1.54, 1.807) is 18.2 Å². The predicted molar refractivity (Wildman–Crippen MR) is 90.3 cm³/mol. The van der Waals surface area contributed by atoms with E-state index < -0.39 is 10.0 Å². The van der Waals surface area contributed by atoms with Crippen molar-refractivity contribution in [2.75, 3.05) is 36.5 Å². The van der Waals surface area contributed by atoms with Crippen molar-refractivity contribution < 1.29 is 17.9 Å². The predicted octanol–water partition coefficient (Wildman–Crippen LogP) is 1.39. The van der Waals surface area contributed by atoms with E-state index in [0.29, 0.717) is 29.5 Å². The van der Waals surface area contributed by atoms with Gasteiger partial charge in [0.2, 0.25) is 15.9 Å². The van der Waals surface area contributed by atoms with Crippen LogP contribution in [-0.2, 0) is 14.8 Å². The zero-order chi connectivity index (χ0) is 16.9. The number of amides is 1. The van der Waals surface area contributed by atoms with E-state index in [-0.39, 0.29) is 5.91 Å². The monoisotopic (exact) mass is 341 g/mol. The van der Waals surface area contributed by atoms with Crippen LogP contribution >= 0.6 is 0 Å². The first-order chi connectivity index (χ1) is 10.9. The summed E-state index contributed by atoms with van der Waals surface area (Å²) in [4.78, 5) is 12.0. The quantitative estimate of drug-likeness (QED) is 0.696. The summed E-state index contributed by atoms with van der Waals surface area (Å²) < 4.78 is 30.1. The van der Waals surface area contributed by atoms with Gasteiger partial charge < -0.3 is 15.4 Å². The van der Waals surface area contributed by atoms with Crippen molar-refractivity contribution in [2.45, 2.75) is 19.3 Å². The normalized spacial score (nSPS) is 17.7. The fraction of sp³-hybridized carbons (Fsp3) is 0.533. The molecular formula is C15H23N3O4S. The van der Waals surface area contributed by atoms with E-state index in [1.165, 1.54) is 7.11 Å². The first-order valence-corrected chi connectivity index (χ1v) is 9.43. The fourth-order valence-electron chi connectivity index (χ4n) is 2.57. The van der Waals surface area contributed by atoms with Crippen molar-refractivity contribution in [3.8, 4) is 5.75 Å². The number of ether oxygens (including phenoxy) is 1. The Morgan fingerprint density at radius 2 is 2.22 bits per heavy atom. The third kappa shape index (κ3) is 5.72. The molecule has 1 aromatic carbocycles. The van der Waals surface area contributed by atoms with Gasteiger partial charge in [-0.2, -0.15) is 0 Å². The molecule has 3 N–H and O–H groups in total. The van der Waals surface area contributed by atoms with Gasteiger partial charge in [-0.05, 0) is 44.0 Å². The topological polar surface area (TPSA) is 96.5 Å². The van der Waals surface area contributed by atoms with E-state index in [9.17, 15) is 13.2 Å². The molecule has 8 heteroatoms. The van der Waals surface area contributed by atoms with Crippen LogP contribution < -0.4 is 20.1 Å². The molecule has 1 saturated heterocycles. The highest BCUT2D eigenvalue weighted by molar-refractivity contribution is 7.92.